The van der Waals surface area contributed by atoms with Crippen molar-refractivity contribution in [1.82, 2.24) is 65.9 Å². The molecule has 0 aliphatic carbocycles. The van der Waals surface area contributed by atoms with Gasteiger partial charge in [0.05, 0.1) is 35.7 Å². The van der Waals surface area contributed by atoms with Gasteiger partial charge in [-0.2, -0.15) is 25.5 Å². The zero-order valence-electron chi connectivity index (χ0n) is 55.5. The number of nitrogens with two attached hydrogens (primary N) is 1. The smallest absolute Gasteiger partial charge is 0.263 e. The molecule has 12 N–H and O–H groups in total. The Hall–Kier alpha value is -13.5. The topological polar surface area (TPSA) is 439 Å². The van der Waals surface area contributed by atoms with Crippen LogP contribution in [0.4, 0.5) is 39.2 Å². The van der Waals surface area contributed by atoms with Gasteiger partial charge in [0.25, 0.3) is 50.1 Å². The second kappa shape index (κ2) is 34.2. The van der Waals surface area contributed by atoms with Crippen LogP contribution in [0.5, 0.6) is 0 Å². The Bertz CT molecular complexity index is 5620. The molecule has 0 radical (unpaired) electrons. The van der Waals surface area contributed by atoms with E-state index in [9.17, 15) is 46.5 Å². The minimum Gasteiger partial charge on any atom is -0.399 e. The number of hydrogen-bond donors (Lipinski definition) is 11. The lowest BCUT2D eigenvalue weighted by Gasteiger charge is -2.08. The molecule has 15 aromatic rings. The first-order valence-electron chi connectivity index (χ1n) is 31.5. The molecule has 29 nitrogen and oxygen atoms in total. The van der Waals surface area contributed by atoms with Crippen molar-refractivity contribution in [1.29, 1.82) is 0 Å². The first-order valence-corrected chi connectivity index (χ1v) is 39.0. The summed E-state index contributed by atoms with van der Waals surface area (Å²) >= 11 is 0. The number of aromatic nitrogens is 13. The lowest BCUT2D eigenvalue weighted by atomic mass is 10.1. The number of aromatic amines is 5. The normalized spacial score (nSPS) is 11.3. The van der Waals surface area contributed by atoms with Crippen molar-refractivity contribution in [3.05, 3.63) is 310 Å². The predicted molar refractivity (Wildman–Crippen MR) is 404 cm³/mol. The zero-order chi connectivity index (χ0) is 75.3. The average Bonchev–Trinajstić information content (AvgIpc) is 1.78. The maximum absolute atomic E-state index is 13.3. The quantitative estimate of drug-likeness (QED) is 0.0316. The highest BCUT2D eigenvalue weighted by Crippen LogP contribution is 2.33. The highest BCUT2D eigenvalue weighted by Gasteiger charge is 2.24. The highest BCUT2D eigenvalue weighted by atomic mass is 32.2. The number of nitrogens with one attached hydrogen (secondary N) is 10. The molecule has 7 aromatic carbocycles. The second-order valence-electron chi connectivity index (χ2n) is 22.2. The second-order valence-corrected chi connectivity index (χ2v) is 30.6. The summed E-state index contributed by atoms with van der Waals surface area (Å²) < 4.78 is 149. The molecule has 0 saturated carbocycles. The van der Waals surface area contributed by atoms with E-state index in [1.54, 1.807) is 213 Å². The van der Waals surface area contributed by atoms with Gasteiger partial charge >= 0.3 is 0 Å². The molecule has 0 unspecified atom stereocenters. The number of halogens is 1. The van der Waals surface area contributed by atoms with Crippen LogP contribution in [0.1, 0.15) is 0 Å². The molecule has 0 spiro atoms. The van der Waals surface area contributed by atoms with Crippen LogP contribution in [0, 0.1) is 5.82 Å². The zero-order valence-corrected chi connectivity index (χ0v) is 59.6. The summed E-state index contributed by atoms with van der Waals surface area (Å²) in [6, 6.07) is 66.1. The Kier molecular flexibility index (Phi) is 23.9. The monoisotopic (exact) mass is 1530 g/mol. The number of hydrogen-bond acceptors (Lipinski definition) is 19. The van der Waals surface area contributed by atoms with Crippen LogP contribution in [0.3, 0.4) is 0 Å². The van der Waals surface area contributed by atoms with Crippen molar-refractivity contribution < 1.29 is 46.5 Å². The molecule has 0 aliphatic heterocycles. The van der Waals surface area contributed by atoms with Gasteiger partial charge in [-0.05, 0) is 132 Å². The van der Waals surface area contributed by atoms with Gasteiger partial charge in [-0.3, -0.25) is 64.1 Å². The van der Waals surface area contributed by atoms with Gasteiger partial charge in [0.15, 0.2) is 29.1 Å². The number of H-pyrrole nitrogens is 5. The molecule has 0 saturated heterocycles. The molecule has 8 heterocycles. The molecule has 0 fully saturated rings. The molecular weight excluding hydrogens is 1470 g/mol. The third-order valence-corrected chi connectivity index (χ3v) is 21.7. The lowest BCUT2D eigenvalue weighted by molar-refractivity contribution is 0.599. The molecule has 0 amide bonds. The molecule has 0 atom stereocenters. The minimum absolute atomic E-state index is 0.120. The lowest BCUT2D eigenvalue weighted by Crippen LogP contribution is -2.13. The third kappa shape index (κ3) is 19.8. The molecule has 8 aromatic heterocycles. The molecule has 0 bridgehead atoms. The summed E-state index contributed by atoms with van der Waals surface area (Å²) in [5.74, 6) is 0.674. The van der Waals surface area contributed by atoms with Crippen molar-refractivity contribution in [2.75, 3.05) is 29.3 Å². The first kappa shape index (κ1) is 74.7. The number of nitrogen functional groups attached to an aromatic ring is 1. The number of nitrogens with zero attached hydrogens (tertiary/aromatic N) is 8. The van der Waals surface area contributed by atoms with Crippen molar-refractivity contribution in [3.63, 3.8) is 0 Å². The van der Waals surface area contributed by atoms with E-state index >= 15 is 0 Å². The number of rotatable bonds is 20. The maximum atomic E-state index is 13.3. The van der Waals surface area contributed by atoms with E-state index in [2.05, 4.69) is 89.5 Å². The summed E-state index contributed by atoms with van der Waals surface area (Å²) in [5, 5.41) is 33.0. The highest BCUT2D eigenvalue weighted by molar-refractivity contribution is 7.94. The van der Waals surface area contributed by atoms with E-state index in [4.69, 9.17) is 5.73 Å². The summed E-state index contributed by atoms with van der Waals surface area (Å²) in [5.41, 5.74) is 12.9. The van der Waals surface area contributed by atoms with Gasteiger partial charge in [0.2, 0.25) is 0 Å². The summed E-state index contributed by atoms with van der Waals surface area (Å²) in [4.78, 5) is 13.0. The van der Waals surface area contributed by atoms with Crippen LogP contribution < -0.4 is 29.3 Å². The van der Waals surface area contributed by atoms with E-state index in [1.807, 2.05) is 12.1 Å². The minimum atomic E-state index is -3.75. The van der Waals surface area contributed by atoms with Gasteiger partial charge in [0.1, 0.15) is 5.82 Å². The Balaban J connectivity index is 0.000000133. The molecular formula is C72H62FN19O10S5. The predicted octanol–water partition coefficient (Wildman–Crippen LogP) is 12.3. The number of pyridine rings is 3. The van der Waals surface area contributed by atoms with Crippen molar-refractivity contribution in [2.24, 2.45) is 0 Å². The van der Waals surface area contributed by atoms with Gasteiger partial charge in [-0.25, -0.2) is 46.5 Å². The van der Waals surface area contributed by atoms with Crippen molar-refractivity contribution in [2.45, 2.75) is 24.5 Å². The van der Waals surface area contributed by atoms with Gasteiger partial charge in [0, 0.05) is 95.5 Å². The number of sulfonamides is 5. The summed E-state index contributed by atoms with van der Waals surface area (Å²) in [6.45, 7) is 0. The molecule has 35 heteroatoms. The van der Waals surface area contributed by atoms with Crippen LogP contribution in [-0.4, -0.2) is 108 Å². The number of anilines is 6. The van der Waals surface area contributed by atoms with Crippen LogP contribution in [-0.2, 0) is 50.1 Å². The van der Waals surface area contributed by atoms with Gasteiger partial charge < -0.3 is 5.73 Å². The third-order valence-electron chi connectivity index (χ3n) is 14.9. The molecule has 15 rings (SSSR count). The Morgan fingerprint density at radius 2 is 0.617 bits per heavy atom. The SMILES string of the molecule is Nc1ccc(-c2c[nH]nc2NS(=O)(=O)c2ccccc2)cc1.O=S(=O)(Nc1n[nH]cc1-c1cccc(F)c1)c1ccccc1.O=S(=O)(Nc1n[nH]cc1-c1ccccn1)c1ccccc1.O=S(=O)(Nc1n[nH]cc1-c1cccnc1)c1ccccc1.O=S(=O)(Nc1n[nH]cc1-c1ccncc1)c1ccccc1. The van der Waals surface area contributed by atoms with Gasteiger partial charge in [-0.1, -0.05) is 127 Å². The van der Waals surface area contributed by atoms with E-state index in [0.29, 0.717) is 44.8 Å². The molecule has 0 aliphatic rings. The van der Waals surface area contributed by atoms with E-state index < -0.39 is 55.9 Å². The van der Waals surface area contributed by atoms with Crippen LogP contribution in [0.25, 0.3) is 55.8 Å². The summed E-state index contributed by atoms with van der Waals surface area (Å²) in [7, 11) is -18.4. The largest absolute Gasteiger partial charge is 0.399 e. The summed E-state index contributed by atoms with van der Waals surface area (Å²) in [6.07, 6.45) is 16.2. The van der Waals surface area contributed by atoms with Crippen LogP contribution in [0.2, 0.25) is 0 Å². The fourth-order valence-corrected chi connectivity index (χ4v) is 15.0. The standard InChI is InChI=1S/C15H12FN3O2S.C15H14N4O2S.3C14H12N4O2S/c16-12-6-4-5-11(9-12)14-10-17-18-15(14)19-22(20,21)13-7-2-1-3-8-13;16-12-8-6-11(7-9-12)14-10-17-18-15(14)19-22(20,21)13-4-2-1-3-5-13;19-21(20,12-6-2-1-3-7-12)18-14-13(10-16-17-14)11-5-4-8-15-9-11;19-21(20,11-6-2-1-3-7-11)18-14-12(10-16-17-14)13-8-4-5-9-15-13;19-21(20,12-4-2-1-3-5-12)18-14-13(10-16-17-14)11-6-8-15-9-7-11/h1-10H,(H2,17,18,19);1-10H,16H2,(H2,17,18,19);3*1-10H,(H2,16,17,18). The number of benzene rings is 7. The fraction of sp³-hybridized carbons (Fsp3) is 0. The Morgan fingerprint density at radius 1 is 0.290 bits per heavy atom. The van der Waals surface area contributed by atoms with Crippen LogP contribution in [0.15, 0.2) is 329 Å². The van der Waals surface area contributed by atoms with Gasteiger partial charge in [-0.15, -0.1) is 0 Å². The van der Waals surface area contributed by atoms with Crippen molar-refractivity contribution >= 4 is 84.9 Å². The Morgan fingerprint density at radius 3 is 0.963 bits per heavy atom. The van der Waals surface area contributed by atoms with Crippen molar-refractivity contribution in [3.8, 4) is 55.8 Å². The van der Waals surface area contributed by atoms with E-state index in [1.165, 1.54) is 79.0 Å². The molecule has 542 valence electrons. The average molecular weight is 1530 g/mol. The van der Waals surface area contributed by atoms with E-state index in [-0.39, 0.29) is 53.6 Å². The van der Waals surface area contributed by atoms with E-state index in [0.717, 1.165) is 16.7 Å². The van der Waals surface area contributed by atoms with Crippen LogP contribution >= 0.6 is 0 Å². The molecule has 107 heavy (non-hydrogen) atoms. The maximum Gasteiger partial charge on any atom is 0.263 e. The Labute approximate surface area is 613 Å². The fourth-order valence-electron chi connectivity index (χ4n) is 9.74. The first-order chi connectivity index (χ1) is 51.6.